The molecule has 2 rings (SSSR count). The van der Waals surface area contributed by atoms with Gasteiger partial charge in [-0.3, -0.25) is 4.98 Å². The predicted molar refractivity (Wildman–Crippen MR) is 51.1 cm³/mol. The second-order valence-corrected chi connectivity index (χ2v) is 3.12. The first-order chi connectivity index (χ1) is 6.18. The molecule has 1 aromatic heterocycles. The first-order valence-electron chi connectivity index (χ1n) is 3.67. The highest BCUT2D eigenvalue weighted by molar-refractivity contribution is 6.31. The maximum absolute atomic E-state index is 13.0. The number of anilines is 1. The summed E-state index contributed by atoms with van der Waals surface area (Å²) < 4.78 is 13.0. The normalized spacial score (nSPS) is 10.6. The Balaban J connectivity index is 2.89. The highest BCUT2D eigenvalue weighted by Gasteiger charge is 2.04. The van der Waals surface area contributed by atoms with E-state index in [1.807, 2.05) is 0 Å². The molecule has 1 heterocycles. The average molecular weight is 197 g/mol. The zero-order chi connectivity index (χ0) is 9.42. The molecule has 4 heteroatoms. The quantitative estimate of drug-likeness (QED) is 0.704. The van der Waals surface area contributed by atoms with Crippen molar-refractivity contribution in [3.05, 3.63) is 35.4 Å². The molecule has 0 spiro atoms. The molecular formula is C9H6ClFN2. The Morgan fingerprint density at radius 2 is 2.08 bits per heavy atom. The highest BCUT2D eigenvalue weighted by atomic mass is 35.5. The van der Waals surface area contributed by atoms with E-state index >= 15 is 0 Å². The fourth-order valence-corrected chi connectivity index (χ4v) is 1.36. The molecule has 0 aliphatic rings. The molecule has 13 heavy (non-hydrogen) atoms. The lowest BCUT2D eigenvalue weighted by molar-refractivity contribution is 0.630. The first-order valence-corrected chi connectivity index (χ1v) is 4.04. The van der Waals surface area contributed by atoms with Crippen LogP contribution < -0.4 is 5.73 Å². The van der Waals surface area contributed by atoms with Crippen molar-refractivity contribution in [3.8, 4) is 0 Å². The average Bonchev–Trinajstić information content (AvgIpc) is 2.09. The Kier molecular flexibility index (Phi) is 1.81. The number of fused-ring (bicyclic) bond motifs is 1. The molecule has 0 bridgehead atoms. The third-order valence-corrected chi connectivity index (χ3v) is 2.12. The minimum atomic E-state index is -0.466. The summed E-state index contributed by atoms with van der Waals surface area (Å²) in [7, 11) is 0. The Hall–Kier alpha value is -1.35. The lowest BCUT2D eigenvalue weighted by Crippen LogP contribution is -1.89. The number of aromatic nitrogens is 1. The summed E-state index contributed by atoms with van der Waals surface area (Å²) in [6.07, 6.45) is 3.08. The molecule has 2 nitrogen and oxygen atoms in total. The van der Waals surface area contributed by atoms with E-state index in [4.69, 9.17) is 17.3 Å². The van der Waals surface area contributed by atoms with Crippen LogP contribution in [0, 0.1) is 5.82 Å². The van der Waals surface area contributed by atoms with Crippen molar-refractivity contribution in [1.29, 1.82) is 0 Å². The van der Waals surface area contributed by atoms with Crippen molar-refractivity contribution in [2.24, 2.45) is 0 Å². The van der Waals surface area contributed by atoms with Crippen LogP contribution in [0.5, 0.6) is 0 Å². The molecule has 0 radical (unpaired) electrons. The van der Waals surface area contributed by atoms with Crippen LogP contribution in [0.15, 0.2) is 24.5 Å². The van der Waals surface area contributed by atoms with Crippen LogP contribution in [0.1, 0.15) is 0 Å². The molecule has 0 atom stereocenters. The minimum absolute atomic E-state index is 0.0832. The van der Waals surface area contributed by atoms with Gasteiger partial charge >= 0.3 is 0 Å². The number of nitrogen functional groups attached to an aromatic ring is 1. The van der Waals surface area contributed by atoms with Gasteiger partial charge in [0.15, 0.2) is 0 Å². The lowest BCUT2D eigenvalue weighted by Gasteiger charge is -2.01. The maximum Gasteiger partial charge on any atom is 0.142 e. The Morgan fingerprint density at radius 1 is 1.31 bits per heavy atom. The van der Waals surface area contributed by atoms with Gasteiger partial charge in [-0.2, -0.15) is 0 Å². The first kappa shape index (κ1) is 8.26. The van der Waals surface area contributed by atoms with Gasteiger partial charge in [0.2, 0.25) is 0 Å². The molecule has 0 saturated heterocycles. The van der Waals surface area contributed by atoms with Crippen LogP contribution in [0.3, 0.4) is 0 Å². The van der Waals surface area contributed by atoms with Crippen molar-refractivity contribution in [2.45, 2.75) is 0 Å². The van der Waals surface area contributed by atoms with Crippen LogP contribution in [0.4, 0.5) is 10.1 Å². The number of nitrogens with zero attached hydrogens (tertiary/aromatic N) is 1. The summed E-state index contributed by atoms with van der Waals surface area (Å²) in [4.78, 5) is 3.88. The lowest BCUT2D eigenvalue weighted by atomic mass is 10.1. The molecule has 0 fully saturated rings. The maximum atomic E-state index is 13.0. The summed E-state index contributed by atoms with van der Waals surface area (Å²) in [5.41, 5.74) is 6.05. The van der Waals surface area contributed by atoms with Crippen LogP contribution in [-0.2, 0) is 0 Å². The van der Waals surface area contributed by atoms with E-state index in [-0.39, 0.29) is 5.02 Å². The number of pyridine rings is 1. The molecule has 0 saturated carbocycles. The van der Waals surface area contributed by atoms with E-state index in [2.05, 4.69) is 4.98 Å². The molecule has 2 aromatic rings. The topological polar surface area (TPSA) is 38.9 Å². The van der Waals surface area contributed by atoms with Gasteiger partial charge in [0.25, 0.3) is 0 Å². The third-order valence-electron chi connectivity index (χ3n) is 1.83. The summed E-state index contributed by atoms with van der Waals surface area (Å²) in [6.45, 7) is 0. The van der Waals surface area contributed by atoms with Gasteiger partial charge in [0.1, 0.15) is 5.82 Å². The van der Waals surface area contributed by atoms with Crippen molar-refractivity contribution in [3.63, 3.8) is 0 Å². The molecular weight excluding hydrogens is 191 g/mol. The predicted octanol–water partition coefficient (Wildman–Crippen LogP) is 2.61. The number of nitrogens with two attached hydrogens (primary N) is 1. The van der Waals surface area contributed by atoms with Gasteiger partial charge < -0.3 is 5.73 Å². The number of benzene rings is 1. The highest BCUT2D eigenvalue weighted by Crippen LogP contribution is 2.25. The summed E-state index contributed by atoms with van der Waals surface area (Å²) in [6, 6.07) is 2.82. The monoisotopic (exact) mass is 196 g/mol. The van der Waals surface area contributed by atoms with Crippen LogP contribution in [0.2, 0.25) is 5.02 Å². The zero-order valence-electron chi connectivity index (χ0n) is 6.59. The van der Waals surface area contributed by atoms with Gasteiger partial charge in [-0.05, 0) is 12.1 Å². The van der Waals surface area contributed by atoms with E-state index in [0.29, 0.717) is 11.1 Å². The number of hydrogen-bond acceptors (Lipinski definition) is 2. The molecule has 0 amide bonds. The number of rotatable bonds is 0. The molecule has 66 valence electrons. The second-order valence-electron chi connectivity index (χ2n) is 2.72. The number of hydrogen-bond donors (Lipinski definition) is 1. The third kappa shape index (κ3) is 1.31. The van der Waals surface area contributed by atoms with Crippen LogP contribution in [0.25, 0.3) is 10.8 Å². The fourth-order valence-electron chi connectivity index (χ4n) is 1.19. The van der Waals surface area contributed by atoms with Gasteiger partial charge in [0, 0.05) is 17.0 Å². The van der Waals surface area contributed by atoms with Gasteiger partial charge in [-0.15, -0.1) is 0 Å². The molecule has 2 N–H and O–H groups in total. The summed E-state index contributed by atoms with van der Waals surface area (Å²) >= 11 is 5.60. The Bertz CT molecular complexity index is 470. The van der Waals surface area contributed by atoms with E-state index < -0.39 is 5.82 Å². The fraction of sp³-hybridized carbons (Fsp3) is 0. The van der Waals surface area contributed by atoms with Crippen LogP contribution >= 0.6 is 11.6 Å². The van der Waals surface area contributed by atoms with E-state index in [1.54, 1.807) is 6.20 Å². The van der Waals surface area contributed by atoms with Crippen molar-refractivity contribution < 1.29 is 4.39 Å². The standard InChI is InChI=1S/C9H6ClFN2/c10-7-1-5-3-13-4-9(12)6(5)2-8(7)11/h1-4H,12H2. The molecule has 0 unspecified atom stereocenters. The molecule has 1 aromatic carbocycles. The largest absolute Gasteiger partial charge is 0.397 e. The van der Waals surface area contributed by atoms with Crippen molar-refractivity contribution >= 4 is 28.1 Å². The minimum Gasteiger partial charge on any atom is -0.397 e. The van der Waals surface area contributed by atoms with E-state index in [9.17, 15) is 4.39 Å². The SMILES string of the molecule is Nc1cncc2cc(Cl)c(F)cc12. The molecule has 0 aliphatic heterocycles. The smallest absolute Gasteiger partial charge is 0.142 e. The van der Waals surface area contributed by atoms with E-state index in [0.717, 1.165) is 5.39 Å². The van der Waals surface area contributed by atoms with Gasteiger partial charge in [-0.1, -0.05) is 11.6 Å². The van der Waals surface area contributed by atoms with E-state index in [1.165, 1.54) is 18.3 Å². The summed E-state index contributed by atoms with van der Waals surface area (Å²) in [5, 5.41) is 1.46. The number of halogens is 2. The van der Waals surface area contributed by atoms with Gasteiger partial charge in [0.05, 0.1) is 16.9 Å². The van der Waals surface area contributed by atoms with Crippen molar-refractivity contribution in [1.82, 2.24) is 4.98 Å². The zero-order valence-corrected chi connectivity index (χ0v) is 7.35. The van der Waals surface area contributed by atoms with Crippen LogP contribution in [-0.4, -0.2) is 4.98 Å². The second kappa shape index (κ2) is 2.85. The Morgan fingerprint density at radius 3 is 2.85 bits per heavy atom. The Labute approximate surface area is 79.1 Å². The van der Waals surface area contributed by atoms with Gasteiger partial charge in [-0.25, -0.2) is 4.39 Å². The summed E-state index contributed by atoms with van der Waals surface area (Å²) in [5.74, 6) is -0.466. The van der Waals surface area contributed by atoms with Crippen molar-refractivity contribution in [2.75, 3.05) is 5.73 Å². The molecule has 0 aliphatic carbocycles.